The molecule has 4 rings (SSSR count). The van der Waals surface area contributed by atoms with Gasteiger partial charge in [0, 0.05) is 50.9 Å². The molecule has 9 nitrogen and oxygen atoms in total. The molecule has 1 aromatic heterocycles. The Bertz CT molecular complexity index is 719. The molecule has 2 fully saturated rings. The van der Waals surface area contributed by atoms with E-state index in [-0.39, 0.29) is 11.8 Å². The van der Waals surface area contributed by atoms with Crippen LogP contribution in [0.3, 0.4) is 0 Å². The lowest BCUT2D eigenvalue weighted by Crippen LogP contribution is -2.43. The number of ether oxygens (including phenoxy) is 1. The molecule has 4 heterocycles. The summed E-state index contributed by atoms with van der Waals surface area (Å²) >= 11 is 1.40. The highest BCUT2D eigenvalue weighted by Gasteiger charge is 2.48. The third-order valence-electron chi connectivity index (χ3n) is 5.17. The first-order valence-corrected chi connectivity index (χ1v) is 10.1. The van der Waals surface area contributed by atoms with E-state index in [2.05, 4.69) is 20.4 Å². The second-order valence-corrected chi connectivity index (χ2v) is 7.77. The smallest absolute Gasteiger partial charge is 0.273 e. The van der Waals surface area contributed by atoms with Gasteiger partial charge in [0.25, 0.3) is 11.8 Å². The van der Waals surface area contributed by atoms with Gasteiger partial charge in [-0.15, -0.1) is 11.3 Å². The molecule has 0 bridgehead atoms. The van der Waals surface area contributed by atoms with Gasteiger partial charge in [0.1, 0.15) is 11.4 Å². The summed E-state index contributed by atoms with van der Waals surface area (Å²) in [4.78, 5) is 38.5. The quantitative estimate of drug-likeness (QED) is 0.754. The summed E-state index contributed by atoms with van der Waals surface area (Å²) in [5.41, 5.74) is 1.92. The summed E-state index contributed by atoms with van der Waals surface area (Å²) in [5, 5.41) is 8.67. The van der Waals surface area contributed by atoms with Crippen LogP contribution < -0.4 is 5.32 Å². The van der Waals surface area contributed by atoms with E-state index in [0.717, 1.165) is 32.8 Å². The molecule has 0 saturated carbocycles. The highest BCUT2D eigenvalue weighted by Crippen LogP contribution is 2.34. The van der Waals surface area contributed by atoms with Crippen molar-refractivity contribution in [2.24, 2.45) is 5.16 Å². The Hall–Kier alpha value is -2.04. The van der Waals surface area contributed by atoms with E-state index < -0.39 is 5.60 Å². The van der Waals surface area contributed by atoms with Crippen molar-refractivity contribution < 1.29 is 19.2 Å². The molecule has 2 saturated heterocycles. The molecule has 1 atom stereocenters. The number of thiazole rings is 1. The number of nitrogens with one attached hydrogen (secondary N) is 1. The molecule has 2 amide bonds. The highest BCUT2D eigenvalue weighted by atomic mass is 32.1. The number of likely N-dealkylation sites (tertiary alicyclic amines) is 1. The van der Waals surface area contributed by atoms with Crippen molar-refractivity contribution in [1.29, 1.82) is 0 Å². The number of aromatic nitrogens is 1. The van der Waals surface area contributed by atoms with Crippen LogP contribution in [0.1, 0.15) is 23.3 Å². The van der Waals surface area contributed by atoms with Crippen molar-refractivity contribution in [2.75, 3.05) is 52.5 Å². The van der Waals surface area contributed by atoms with Crippen LogP contribution in [0.25, 0.3) is 0 Å². The highest BCUT2D eigenvalue weighted by molar-refractivity contribution is 7.07. The van der Waals surface area contributed by atoms with Crippen molar-refractivity contribution in [2.45, 2.75) is 18.4 Å². The van der Waals surface area contributed by atoms with Crippen LogP contribution in [0.5, 0.6) is 0 Å². The van der Waals surface area contributed by atoms with E-state index in [1.54, 1.807) is 15.8 Å². The maximum atomic E-state index is 12.4. The number of oxime groups is 1. The van der Waals surface area contributed by atoms with Gasteiger partial charge >= 0.3 is 0 Å². The average molecular weight is 393 g/mol. The largest absolute Gasteiger partial charge is 0.386 e. The Balaban J connectivity index is 1.24. The van der Waals surface area contributed by atoms with Gasteiger partial charge in [-0.1, -0.05) is 5.16 Å². The number of hydrogen-bond donors (Lipinski definition) is 1. The predicted molar refractivity (Wildman–Crippen MR) is 98.8 cm³/mol. The Kier molecular flexibility index (Phi) is 5.37. The van der Waals surface area contributed by atoms with Crippen LogP contribution >= 0.6 is 11.3 Å². The van der Waals surface area contributed by atoms with Crippen LogP contribution in [0, 0.1) is 0 Å². The molecule has 146 valence electrons. The number of morpholine rings is 1. The van der Waals surface area contributed by atoms with E-state index in [9.17, 15) is 9.59 Å². The van der Waals surface area contributed by atoms with Gasteiger partial charge in [-0.3, -0.25) is 14.5 Å². The van der Waals surface area contributed by atoms with Gasteiger partial charge in [-0.25, -0.2) is 4.98 Å². The number of hydrogen-bond acceptors (Lipinski definition) is 8. The molecule has 27 heavy (non-hydrogen) atoms. The SMILES string of the molecule is O=C(NCCN1CCOCC1)C1=NO[C@@]2(CCN(C(=O)c3cscn3)C2)C1. The van der Waals surface area contributed by atoms with Gasteiger partial charge < -0.3 is 19.8 Å². The van der Waals surface area contributed by atoms with Gasteiger partial charge in [-0.2, -0.15) is 0 Å². The van der Waals surface area contributed by atoms with Crippen LogP contribution in [0.15, 0.2) is 16.0 Å². The Labute approximate surface area is 161 Å². The van der Waals surface area contributed by atoms with E-state index >= 15 is 0 Å². The molecule has 0 radical (unpaired) electrons. The third kappa shape index (κ3) is 4.12. The monoisotopic (exact) mass is 393 g/mol. The average Bonchev–Trinajstić information content (AvgIpc) is 3.44. The van der Waals surface area contributed by atoms with Crippen LogP contribution in [0.4, 0.5) is 0 Å². The first-order valence-electron chi connectivity index (χ1n) is 9.16. The van der Waals surface area contributed by atoms with Crippen LogP contribution in [-0.4, -0.2) is 90.4 Å². The molecular formula is C17H23N5O4S. The molecule has 3 aliphatic rings. The Morgan fingerprint density at radius 1 is 1.30 bits per heavy atom. The first-order chi connectivity index (χ1) is 13.2. The summed E-state index contributed by atoms with van der Waals surface area (Å²) in [6.07, 6.45) is 1.09. The van der Waals surface area contributed by atoms with Crippen LogP contribution in [-0.2, 0) is 14.4 Å². The molecule has 0 unspecified atom stereocenters. The number of rotatable bonds is 5. The summed E-state index contributed by atoms with van der Waals surface area (Å²) in [6.45, 7) is 5.65. The lowest BCUT2D eigenvalue weighted by Gasteiger charge is -2.26. The molecule has 3 aliphatic heterocycles. The van der Waals surface area contributed by atoms with Crippen molar-refractivity contribution in [3.05, 3.63) is 16.6 Å². The first kappa shape index (κ1) is 18.3. The van der Waals surface area contributed by atoms with Gasteiger partial charge in [0.05, 0.1) is 25.3 Å². The van der Waals surface area contributed by atoms with Gasteiger partial charge in [0.2, 0.25) is 0 Å². The van der Waals surface area contributed by atoms with Gasteiger partial charge in [-0.05, 0) is 0 Å². The summed E-state index contributed by atoms with van der Waals surface area (Å²) in [6, 6.07) is 0. The molecule has 0 aromatic carbocycles. The van der Waals surface area contributed by atoms with E-state index in [4.69, 9.17) is 9.57 Å². The maximum Gasteiger partial charge on any atom is 0.273 e. The summed E-state index contributed by atoms with van der Waals surface area (Å²) in [5.74, 6) is -0.287. The minimum atomic E-state index is -0.581. The third-order valence-corrected chi connectivity index (χ3v) is 5.76. The topological polar surface area (TPSA) is 96.4 Å². The number of carbonyl (C=O) groups excluding carboxylic acids is 2. The van der Waals surface area contributed by atoms with Gasteiger partial charge in [0.15, 0.2) is 5.60 Å². The Morgan fingerprint density at radius 3 is 2.93 bits per heavy atom. The van der Waals surface area contributed by atoms with E-state index in [1.807, 2.05) is 0 Å². The van der Waals surface area contributed by atoms with E-state index in [0.29, 0.717) is 43.9 Å². The molecule has 1 N–H and O–H groups in total. The fourth-order valence-electron chi connectivity index (χ4n) is 3.61. The molecule has 1 spiro atoms. The number of carbonyl (C=O) groups is 2. The minimum Gasteiger partial charge on any atom is -0.386 e. The minimum absolute atomic E-state index is 0.0971. The standard InChI is InChI=1S/C17H23N5O4S/c23-15(18-2-4-21-5-7-25-8-6-21)13-9-17(26-20-13)1-3-22(11-17)16(24)14-10-27-12-19-14/h10,12H,1-9,11H2,(H,18,23)/t17-/m0/s1. The number of nitrogens with zero attached hydrogens (tertiary/aromatic N) is 4. The summed E-state index contributed by atoms with van der Waals surface area (Å²) < 4.78 is 5.32. The van der Waals surface area contributed by atoms with Crippen molar-refractivity contribution in [1.82, 2.24) is 20.1 Å². The molecular weight excluding hydrogens is 370 g/mol. The zero-order valence-electron chi connectivity index (χ0n) is 15.1. The fourth-order valence-corrected chi connectivity index (χ4v) is 4.14. The fraction of sp³-hybridized carbons (Fsp3) is 0.647. The van der Waals surface area contributed by atoms with Crippen molar-refractivity contribution in [3.63, 3.8) is 0 Å². The molecule has 1 aromatic rings. The normalized spacial score (nSPS) is 25.5. The second kappa shape index (κ2) is 7.91. The van der Waals surface area contributed by atoms with E-state index in [1.165, 1.54) is 11.3 Å². The number of amides is 2. The summed E-state index contributed by atoms with van der Waals surface area (Å²) in [7, 11) is 0. The molecule has 0 aliphatic carbocycles. The van der Waals surface area contributed by atoms with Crippen molar-refractivity contribution in [3.8, 4) is 0 Å². The van der Waals surface area contributed by atoms with Crippen LogP contribution in [0.2, 0.25) is 0 Å². The maximum absolute atomic E-state index is 12.4. The zero-order valence-corrected chi connectivity index (χ0v) is 15.9. The Morgan fingerprint density at radius 2 is 2.15 bits per heavy atom. The predicted octanol–water partition coefficient (Wildman–Crippen LogP) is -0.0475. The lowest BCUT2D eigenvalue weighted by molar-refractivity contribution is -0.115. The lowest BCUT2D eigenvalue weighted by atomic mass is 9.96. The zero-order chi connectivity index (χ0) is 18.7. The van der Waals surface area contributed by atoms with Crippen molar-refractivity contribution >= 4 is 28.9 Å². The second-order valence-electron chi connectivity index (χ2n) is 7.05. The molecule has 10 heteroatoms.